The molecule has 3 rings (SSSR count). The van der Waals surface area contributed by atoms with Gasteiger partial charge in [0.15, 0.2) is 0 Å². The Labute approximate surface area is 119 Å². The summed E-state index contributed by atoms with van der Waals surface area (Å²) in [6, 6.07) is 8.99. The average molecular weight is 271 g/mol. The molecule has 1 fully saturated rings. The van der Waals surface area contributed by atoms with Crippen LogP contribution in [0, 0.1) is 6.92 Å². The monoisotopic (exact) mass is 271 g/mol. The molecule has 1 saturated carbocycles. The van der Waals surface area contributed by atoms with E-state index < -0.39 is 0 Å². The van der Waals surface area contributed by atoms with Crippen LogP contribution in [0.1, 0.15) is 24.0 Å². The zero-order valence-corrected chi connectivity index (χ0v) is 11.9. The van der Waals surface area contributed by atoms with Crippen molar-refractivity contribution in [1.82, 2.24) is 15.1 Å². The Kier molecular flexibility index (Phi) is 4.02. The number of nitrogens with zero attached hydrogens (tertiary/aromatic N) is 2. The van der Waals surface area contributed by atoms with Gasteiger partial charge in [-0.25, -0.2) is 0 Å². The van der Waals surface area contributed by atoms with Crippen molar-refractivity contribution < 1.29 is 4.74 Å². The maximum absolute atomic E-state index is 5.99. The van der Waals surface area contributed by atoms with E-state index in [2.05, 4.69) is 35.5 Å². The van der Waals surface area contributed by atoms with Crippen molar-refractivity contribution in [1.29, 1.82) is 0 Å². The van der Waals surface area contributed by atoms with Crippen LogP contribution in [-0.4, -0.2) is 22.4 Å². The summed E-state index contributed by atoms with van der Waals surface area (Å²) in [6.45, 7) is 4.41. The van der Waals surface area contributed by atoms with Crippen LogP contribution in [0.4, 0.5) is 0 Å². The smallest absolute Gasteiger partial charge is 0.126 e. The van der Waals surface area contributed by atoms with Gasteiger partial charge in [-0.2, -0.15) is 5.10 Å². The summed E-state index contributed by atoms with van der Waals surface area (Å²) in [4.78, 5) is 0. The van der Waals surface area contributed by atoms with Crippen molar-refractivity contribution in [3.63, 3.8) is 0 Å². The lowest BCUT2D eigenvalue weighted by Crippen LogP contribution is -2.17. The van der Waals surface area contributed by atoms with Crippen molar-refractivity contribution in [3.05, 3.63) is 47.8 Å². The fourth-order valence-corrected chi connectivity index (χ4v) is 2.27. The second-order valence-corrected chi connectivity index (χ2v) is 5.34. The van der Waals surface area contributed by atoms with Crippen molar-refractivity contribution >= 4 is 0 Å². The molecule has 0 aliphatic heterocycles. The number of hydrogen-bond donors (Lipinski definition) is 1. The van der Waals surface area contributed by atoms with Crippen molar-refractivity contribution in [2.45, 2.75) is 38.9 Å². The molecule has 1 aromatic carbocycles. The first kappa shape index (κ1) is 13.2. The number of nitrogens with one attached hydrogen (secondary N) is 1. The summed E-state index contributed by atoms with van der Waals surface area (Å²) in [7, 11) is 0. The first-order chi connectivity index (χ1) is 9.83. The molecule has 0 atom stereocenters. The Balaban J connectivity index is 1.60. The van der Waals surface area contributed by atoms with E-state index in [-0.39, 0.29) is 0 Å². The molecule has 0 amide bonds. The second kappa shape index (κ2) is 6.09. The van der Waals surface area contributed by atoms with Gasteiger partial charge in [-0.3, -0.25) is 4.68 Å². The zero-order chi connectivity index (χ0) is 13.8. The van der Waals surface area contributed by atoms with Gasteiger partial charge in [-0.05, 0) is 31.4 Å². The molecule has 0 unspecified atom stereocenters. The van der Waals surface area contributed by atoms with E-state index in [0.717, 1.165) is 18.8 Å². The number of ether oxygens (including phenoxy) is 1. The Morgan fingerprint density at radius 2 is 2.25 bits per heavy atom. The summed E-state index contributed by atoms with van der Waals surface area (Å²) < 4.78 is 7.88. The van der Waals surface area contributed by atoms with Crippen molar-refractivity contribution in [3.8, 4) is 5.75 Å². The maximum Gasteiger partial charge on any atom is 0.126 e. The summed E-state index contributed by atoms with van der Waals surface area (Å²) >= 11 is 0. The minimum Gasteiger partial charge on any atom is -0.491 e. The minimum absolute atomic E-state index is 0.642. The van der Waals surface area contributed by atoms with E-state index in [1.165, 1.54) is 24.0 Å². The first-order valence-electron chi connectivity index (χ1n) is 7.25. The molecule has 0 radical (unpaired) electrons. The normalized spacial score (nSPS) is 14.4. The van der Waals surface area contributed by atoms with Gasteiger partial charge in [0, 0.05) is 30.5 Å². The number of para-hydroxylation sites is 1. The SMILES string of the molecule is Cc1cccc(CNC2CC2)c1OCCn1cccn1. The summed E-state index contributed by atoms with van der Waals surface area (Å²) in [5.74, 6) is 1.02. The molecule has 20 heavy (non-hydrogen) atoms. The molecule has 4 nitrogen and oxygen atoms in total. The van der Waals surface area contributed by atoms with Crippen LogP contribution in [0.15, 0.2) is 36.7 Å². The van der Waals surface area contributed by atoms with Crippen molar-refractivity contribution in [2.24, 2.45) is 0 Å². The van der Waals surface area contributed by atoms with Crippen LogP contribution in [-0.2, 0) is 13.1 Å². The maximum atomic E-state index is 5.99. The highest BCUT2D eigenvalue weighted by Gasteiger charge is 2.20. The van der Waals surface area contributed by atoms with Crippen LogP contribution in [0.25, 0.3) is 0 Å². The summed E-state index contributed by atoms with van der Waals surface area (Å²) in [5.41, 5.74) is 2.44. The van der Waals surface area contributed by atoms with Crippen LogP contribution in [0.5, 0.6) is 5.75 Å². The van der Waals surface area contributed by atoms with Gasteiger partial charge in [0.25, 0.3) is 0 Å². The van der Waals surface area contributed by atoms with Gasteiger partial charge >= 0.3 is 0 Å². The van der Waals surface area contributed by atoms with E-state index in [0.29, 0.717) is 12.6 Å². The molecule has 1 N–H and O–H groups in total. The Bertz CT molecular complexity index is 547. The molecule has 106 valence electrons. The molecule has 1 aromatic heterocycles. The zero-order valence-electron chi connectivity index (χ0n) is 11.9. The van der Waals surface area contributed by atoms with Crippen LogP contribution in [0.3, 0.4) is 0 Å². The highest BCUT2D eigenvalue weighted by atomic mass is 16.5. The molecular formula is C16H21N3O. The molecule has 1 aliphatic carbocycles. The summed E-state index contributed by atoms with van der Waals surface area (Å²) in [5, 5.41) is 7.73. The van der Waals surface area contributed by atoms with Gasteiger partial charge in [-0.15, -0.1) is 0 Å². The first-order valence-corrected chi connectivity index (χ1v) is 7.25. The van der Waals surface area contributed by atoms with Gasteiger partial charge in [0.05, 0.1) is 6.54 Å². The van der Waals surface area contributed by atoms with E-state index in [1.54, 1.807) is 6.20 Å². The van der Waals surface area contributed by atoms with Crippen molar-refractivity contribution in [2.75, 3.05) is 6.61 Å². The van der Waals surface area contributed by atoms with Crippen LogP contribution in [0.2, 0.25) is 0 Å². The lowest BCUT2D eigenvalue weighted by molar-refractivity contribution is 0.286. The third-order valence-electron chi connectivity index (χ3n) is 3.58. The predicted octanol–water partition coefficient (Wildman–Crippen LogP) is 2.52. The molecule has 2 aromatic rings. The van der Waals surface area contributed by atoms with Gasteiger partial charge in [0.2, 0.25) is 0 Å². The Morgan fingerprint density at radius 3 is 3.00 bits per heavy atom. The Morgan fingerprint density at radius 1 is 1.35 bits per heavy atom. The third-order valence-corrected chi connectivity index (χ3v) is 3.58. The number of rotatable bonds is 7. The van der Waals surface area contributed by atoms with Gasteiger partial charge in [-0.1, -0.05) is 18.2 Å². The molecular weight excluding hydrogens is 250 g/mol. The molecule has 0 saturated heterocycles. The molecule has 1 heterocycles. The Hall–Kier alpha value is -1.81. The molecule has 4 heteroatoms. The van der Waals surface area contributed by atoms with Gasteiger partial charge < -0.3 is 10.1 Å². The van der Waals surface area contributed by atoms with E-state index in [4.69, 9.17) is 4.74 Å². The standard InChI is InChI=1S/C16H21N3O/c1-13-4-2-5-14(12-17-15-6-7-15)16(13)20-11-10-19-9-3-8-18-19/h2-5,8-9,15,17H,6-7,10-12H2,1H3. The highest BCUT2D eigenvalue weighted by molar-refractivity contribution is 5.40. The number of aromatic nitrogens is 2. The van der Waals surface area contributed by atoms with Gasteiger partial charge in [0.1, 0.15) is 12.4 Å². The number of aryl methyl sites for hydroxylation is 1. The van der Waals surface area contributed by atoms with Crippen LogP contribution >= 0.6 is 0 Å². The highest BCUT2D eigenvalue weighted by Crippen LogP contribution is 2.25. The molecule has 1 aliphatic rings. The van der Waals surface area contributed by atoms with E-state index >= 15 is 0 Å². The fraction of sp³-hybridized carbons (Fsp3) is 0.438. The second-order valence-electron chi connectivity index (χ2n) is 5.34. The van der Waals surface area contributed by atoms with E-state index in [1.807, 2.05) is 16.9 Å². The number of benzene rings is 1. The topological polar surface area (TPSA) is 39.1 Å². The lowest BCUT2D eigenvalue weighted by atomic mass is 10.1. The fourth-order valence-electron chi connectivity index (χ4n) is 2.27. The molecule has 0 spiro atoms. The average Bonchev–Trinajstić information content (AvgIpc) is 3.14. The quantitative estimate of drug-likeness (QED) is 0.841. The summed E-state index contributed by atoms with van der Waals surface area (Å²) in [6.07, 6.45) is 6.36. The van der Waals surface area contributed by atoms with Crippen LogP contribution < -0.4 is 10.1 Å². The third kappa shape index (κ3) is 3.39. The lowest BCUT2D eigenvalue weighted by Gasteiger charge is -2.14. The van der Waals surface area contributed by atoms with E-state index in [9.17, 15) is 0 Å². The minimum atomic E-state index is 0.642. The predicted molar refractivity (Wildman–Crippen MR) is 78.8 cm³/mol. The largest absolute Gasteiger partial charge is 0.491 e. The molecule has 0 bridgehead atoms. The number of hydrogen-bond acceptors (Lipinski definition) is 3.